The molecule has 4 heteroatoms. The molecule has 3 N–H and O–H groups in total. The number of aryl methyl sites for hydroxylation is 3. The Morgan fingerprint density at radius 3 is 2.65 bits per heavy atom. The van der Waals surface area contributed by atoms with Crippen molar-refractivity contribution in [2.24, 2.45) is 5.84 Å². The minimum atomic E-state index is -0.118. The van der Waals surface area contributed by atoms with E-state index in [0.29, 0.717) is 6.42 Å². The zero-order valence-corrected chi connectivity index (χ0v) is 10.7. The molecule has 0 saturated carbocycles. The van der Waals surface area contributed by atoms with Gasteiger partial charge in [-0.25, -0.2) is 5.84 Å². The van der Waals surface area contributed by atoms with Crippen molar-refractivity contribution in [1.29, 1.82) is 0 Å². The number of rotatable bonds is 5. The summed E-state index contributed by atoms with van der Waals surface area (Å²) in [5, 5.41) is 0. The van der Waals surface area contributed by atoms with Crippen molar-refractivity contribution in [3.8, 4) is 5.75 Å². The van der Waals surface area contributed by atoms with Gasteiger partial charge >= 0.3 is 0 Å². The van der Waals surface area contributed by atoms with E-state index in [4.69, 9.17) is 10.6 Å². The van der Waals surface area contributed by atoms with Gasteiger partial charge in [-0.2, -0.15) is 0 Å². The lowest BCUT2D eigenvalue weighted by Crippen LogP contribution is -2.29. The van der Waals surface area contributed by atoms with Crippen molar-refractivity contribution in [2.75, 3.05) is 7.11 Å². The molecule has 0 radical (unpaired) electrons. The first-order valence-corrected chi connectivity index (χ1v) is 5.72. The third-order valence-electron chi connectivity index (χ3n) is 2.86. The van der Waals surface area contributed by atoms with Crippen molar-refractivity contribution in [1.82, 2.24) is 5.43 Å². The molecule has 0 atom stereocenters. The first-order chi connectivity index (χ1) is 8.08. The van der Waals surface area contributed by atoms with Crippen LogP contribution in [0.2, 0.25) is 0 Å². The largest absolute Gasteiger partial charge is 0.496 e. The number of amides is 1. The van der Waals surface area contributed by atoms with Gasteiger partial charge < -0.3 is 4.74 Å². The minimum absolute atomic E-state index is 0.118. The molecule has 0 aliphatic carbocycles. The summed E-state index contributed by atoms with van der Waals surface area (Å²) in [6.45, 7) is 4.08. The average Bonchev–Trinajstić information content (AvgIpc) is 2.32. The molecule has 0 unspecified atom stereocenters. The predicted molar refractivity (Wildman–Crippen MR) is 67.7 cm³/mol. The van der Waals surface area contributed by atoms with Crippen LogP contribution in [0.1, 0.15) is 29.5 Å². The van der Waals surface area contributed by atoms with E-state index in [1.54, 1.807) is 7.11 Å². The second kappa shape index (κ2) is 6.25. The van der Waals surface area contributed by atoms with Crippen LogP contribution in [-0.2, 0) is 11.2 Å². The Morgan fingerprint density at radius 1 is 1.35 bits per heavy atom. The second-order valence-electron chi connectivity index (χ2n) is 4.17. The Balaban J connectivity index is 2.65. The predicted octanol–water partition coefficient (Wildman–Crippen LogP) is 1.62. The lowest BCUT2D eigenvalue weighted by molar-refractivity contribution is -0.121. The number of hydrogen-bond donors (Lipinski definition) is 2. The molecule has 17 heavy (non-hydrogen) atoms. The van der Waals surface area contributed by atoms with Crippen molar-refractivity contribution >= 4 is 5.91 Å². The highest BCUT2D eigenvalue weighted by atomic mass is 16.5. The molecule has 0 saturated heterocycles. The number of ether oxygens (including phenoxy) is 1. The molecule has 0 spiro atoms. The summed E-state index contributed by atoms with van der Waals surface area (Å²) in [7, 11) is 1.67. The molecular formula is C13H20N2O2. The number of carbonyl (C=O) groups excluding carboxylic acids is 1. The molecule has 0 aromatic heterocycles. The fraction of sp³-hybridized carbons (Fsp3) is 0.462. The van der Waals surface area contributed by atoms with E-state index in [-0.39, 0.29) is 5.91 Å². The molecular weight excluding hydrogens is 216 g/mol. The van der Waals surface area contributed by atoms with Gasteiger partial charge in [-0.3, -0.25) is 10.2 Å². The topological polar surface area (TPSA) is 64.3 Å². The molecule has 0 heterocycles. The van der Waals surface area contributed by atoms with Crippen LogP contribution in [0.25, 0.3) is 0 Å². The van der Waals surface area contributed by atoms with E-state index in [9.17, 15) is 4.79 Å². The van der Waals surface area contributed by atoms with Crippen LogP contribution in [0.4, 0.5) is 0 Å². The van der Waals surface area contributed by atoms with E-state index in [0.717, 1.165) is 24.2 Å². The molecule has 0 aliphatic heterocycles. The monoisotopic (exact) mass is 236 g/mol. The highest BCUT2D eigenvalue weighted by molar-refractivity contribution is 5.75. The third kappa shape index (κ3) is 3.75. The summed E-state index contributed by atoms with van der Waals surface area (Å²) in [5.41, 5.74) is 5.71. The zero-order valence-electron chi connectivity index (χ0n) is 10.7. The van der Waals surface area contributed by atoms with Crippen molar-refractivity contribution in [3.63, 3.8) is 0 Å². The van der Waals surface area contributed by atoms with Crippen molar-refractivity contribution in [2.45, 2.75) is 33.1 Å². The van der Waals surface area contributed by atoms with Gasteiger partial charge in [0.2, 0.25) is 5.91 Å². The van der Waals surface area contributed by atoms with Gasteiger partial charge in [-0.15, -0.1) is 0 Å². The van der Waals surface area contributed by atoms with Crippen LogP contribution in [0.3, 0.4) is 0 Å². The van der Waals surface area contributed by atoms with E-state index in [2.05, 4.69) is 18.4 Å². The summed E-state index contributed by atoms with van der Waals surface area (Å²) < 4.78 is 5.26. The first kappa shape index (κ1) is 13.5. The maximum absolute atomic E-state index is 11.0. The first-order valence-electron chi connectivity index (χ1n) is 5.72. The number of hydrazine groups is 1. The van der Waals surface area contributed by atoms with Crippen LogP contribution in [0.15, 0.2) is 12.1 Å². The molecule has 94 valence electrons. The lowest BCUT2D eigenvalue weighted by Gasteiger charge is -2.11. The van der Waals surface area contributed by atoms with E-state index in [1.807, 2.05) is 13.0 Å². The molecule has 0 bridgehead atoms. The maximum Gasteiger partial charge on any atom is 0.233 e. The smallest absolute Gasteiger partial charge is 0.233 e. The summed E-state index contributed by atoms with van der Waals surface area (Å²) in [5.74, 6) is 5.82. The van der Waals surface area contributed by atoms with Crippen LogP contribution >= 0.6 is 0 Å². The van der Waals surface area contributed by atoms with Crippen LogP contribution in [0.5, 0.6) is 5.75 Å². The zero-order chi connectivity index (χ0) is 12.8. The van der Waals surface area contributed by atoms with E-state index >= 15 is 0 Å². The number of carbonyl (C=O) groups is 1. The SMILES string of the molecule is COc1cc(C)c(CCCC(=O)NN)cc1C. The molecule has 0 aliphatic rings. The normalized spacial score (nSPS) is 10.1. The van der Waals surface area contributed by atoms with Crippen molar-refractivity contribution < 1.29 is 9.53 Å². The summed E-state index contributed by atoms with van der Waals surface area (Å²) in [6.07, 6.45) is 2.14. The summed E-state index contributed by atoms with van der Waals surface area (Å²) in [4.78, 5) is 11.0. The van der Waals surface area contributed by atoms with Gasteiger partial charge in [0.25, 0.3) is 0 Å². The Hall–Kier alpha value is -1.55. The summed E-state index contributed by atoms with van der Waals surface area (Å²) in [6, 6.07) is 4.15. The van der Waals surface area contributed by atoms with Gasteiger partial charge in [0, 0.05) is 6.42 Å². The van der Waals surface area contributed by atoms with Crippen LogP contribution in [-0.4, -0.2) is 13.0 Å². The highest BCUT2D eigenvalue weighted by Crippen LogP contribution is 2.23. The maximum atomic E-state index is 11.0. The number of nitrogens with two attached hydrogens (primary N) is 1. The Kier molecular flexibility index (Phi) is 4.97. The summed E-state index contributed by atoms with van der Waals surface area (Å²) >= 11 is 0. The van der Waals surface area contributed by atoms with Gasteiger partial charge in [0.15, 0.2) is 0 Å². The number of benzene rings is 1. The highest BCUT2D eigenvalue weighted by Gasteiger charge is 2.06. The molecule has 0 fully saturated rings. The van der Waals surface area contributed by atoms with Gasteiger partial charge in [-0.05, 0) is 49.4 Å². The fourth-order valence-electron chi connectivity index (χ4n) is 1.85. The molecule has 1 aromatic rings. The number of nitrogens with one attached hydrogen (secondary N) is 1. The molecule has 1 rings (SSSR count). The molecule has 1 amide bonds. The van der Waals surface area contributed by atoms with Crippen LogP contribution in [0, 0.1) is 13.8 Å². The lowest BCUT2D eigenvalue weighted by atomic mass is 9.99. The van der Waals surface area contributed by atoms with E-state index in [1.165, 1.54) is 11.1 Å². The average molecular weight is 236 g/mol. The van der Waals surface area contributed by atoms with Gasteiger partial charge in [0.1, 0.15) is 5.75 Å². The Morgan fingerprint density at radius 2 is 2.06 bits per heavy atom. The van der Waals surface area contributed by atoms with Crippen molar-refractivity contribution in [3.05, 3.63) is 28.8 Å². The number of hydrogen-bond acceptors (Lipinski definition) is 3. The Labute approximate surface area is 102 Å². The Bertz CT molecular complexity index is 403. The van der Waals surface area contributed by atoms with Gasteiger partial charge in [0.05, 0.1) is 7.11 Å². The minimum Gasteiger partial charge on any atom is -0.496 e. The number of methoxy groups -OCH3 is 1. The molecule has 4 nitrogen and oxygen atoms in total. The standard InChI is InChI=1S/C13H20N2O2/c1-9-8-12(17-3)10(2)7-11(9)5-4-6-13(16)15-14/h7-8H,4-6,14H2,1-3H3,(H,15,16). The fourth-order valence-corrected chi connectivity index (χ4v) is 1.85. The van der Waals surface area contributed by atoms with E-state index < -0.39 is 0 Å². The molecule has 1 aromatic carbocycles. The van der Waals surface area contributed by atoms with Crippen LogP contribution < -0.4 is 16.0 Å². The van der Waals surface area contributed by atoms with Gasteiger partial charge in [-0.1, -0.05) is 6.07 Å². The second-order valence-corrected chi connectivity index (χ2v) is 4.17. The quantitative estimate of drug-likeness (QED) is 0.464. The third-order valence-corrected chi connectivity index (χ3v) is 2.86.